The molecule has 0 aliphatic carbocycles. The monoisotopic (exact) mass is 280 g/mol. The van der Waals surface area contributed by atoms with Crippen molar-refractivity contribution in [3.8, 4) is 0 Å². The molecule has 6 nitrogen and oxygen atoms in total. The second-order valence-corrected chi connectivity index (χ2v) is 5.16. The Morgan fingerprint density at radius 3 is 2.89 bits per heavy atom. The van der Waals surface area contributed by atoms with Gasteiger partial charge in [-0.2, -0.15) is 0 Å². The Kier molecular flexibility index (Phi) is 4.39. The fourth-order valence-corrected chi connectivity index (χ4v) is 2.40. The number of aromatic nitrogens is 4. The molecule has 0 aliphatic rings. The zero-order valence-electron chi connectivity index (χ0n) is 10.8. The van der Waals surface area contributed by atoms with Crippen molar-refractivity contribution in [1.82, 2.24) is 19.7 Å². The Morgan fingerprint density at radius 1 is 1.53 bits per heavy atom. The van der Waals surface area contributed by atoms with Crippen LogP contribution < -0.4 is 5.69 Å². The van der Waals surface area contributed by atoms with Crippen LogP contribution in [0.15, 0.2) is 33.3 Å². The van der Waals surface area contributed by atoms with E-state index in [-0.39, 0.29) is 5.69 Å². The Labute approximate surface area is 114 Å². The third-order valence-corrected chi connectivity index (χ3v) is 3.55. The average molecular weight is 280 g/mol. The van der Waals surface area contributed by atoms with E-state index in [4.69, 9.17) is 0 Å². The maximum Gasteiger partial charge on any atom is 0.343 e. The van der Waals surface area contributed by atoms with E-state index in [2.05, 4.69) is 15.2 Å². The minimum absolute atomic E-state index is 0.204. The van der Waals surface area contributed by atoms with Crippen molar-refractivity contribution >= 4 is 11.8 Å². The first-order chi connectivity index (χ1) is 9.11. The van der Waals surface area contributed by atoms with Gasteiger partial charge in [-0.3, -0.25) is 4.57 Å². The molecule has 2 aromatic rings. The first-order valence-electron chi connectivity index (χ1n) is 6.09. The molecule has 0 spiro atoms. The van der Waals surface area contributed by atoms with Gasteiger partial charge in [-0.15, -0.1) is 5.10 Å². The van der Waals surface area contributed by atoms with Crippen molar-refractivity contribution < 1.29 is 5.11 Å². The number of pyridine rings is 1. The van der Waals surface area contributed by atoms with Gasteiger partial charge < -0.3 is 5.11 Å². The van der Waals surface area contributed by atoms with Crippen LogP contribution in [0.5, 0.6) is 0 Å². The van der Waals surface area contributed by atoms with E-state index in [1.807, 2.05) is 19.1 Å². The van der Waals surface area contributed by atoms with Crippen LogP contribution in [0.3, 0.4) is 0 Å². The fraction of sp³-hybridized carbons (Fsp3) is 0.417. The minimum atomic E-state index is -0.532. The van der Waals surface area contributed by atoms with Crippen molar-refractivity contribution in [3.05, 3.63) is 34.4 Å². The summed E-state index contributed by atoms with van der Waals surface area (Å²) in [6.07, 6.45) is 1.96. The van der Waals surface area contributed by atoms with Crippen LogP contribution in [0.4, 0.5) is 0 Å². The summed E-state index contributed by atoms with van der Waals surface area (Å²) in [6, 6.07) is 3.62. The molecule has 0 fully saturated rings. The highest BCUT2D eigenvalue weighted by atomic mass is 32.2. The molecule has 0 saturated carbocycles. The summed E-state index contributed by atoms with van der Waals surface area (Å²) in [5.41, 5.74) is 0.558. The van der Waals surface area contributed by atoms with Gasteiger partial charge in [0.2, 0.25) is 0 Å². The van der Waals surface area contributed by atoms with Gasteiger partial charge in [0, 0.05) is 12.7 Å². The first-order valence-corrected chi connectivity index (χ1v) is 6.90. The molecule has 0 radical (unpaired) electrons. The molecule has 2 rings (SSSR count). The van der Waals surface area contributed by atoms with Crippen LogP contribution in [0.1, 0.15) is 31.9 Å². The summed E-state index contributed by atoms with van der Waals surface area (Å²) in [5.74, 6) is 0. The van der Waals surface area contributed by atoms with Gasteiger partial charge in [-0.25, -0.2) is 14.9 Å². The summed E-state index contributed by atoms with van der Waals surface area (Å²) < 4.78 is 1.59. The number of rotatable bonds is 5. The molecular formula is C12H16N4O2S. The van der Waals surface area contributed by atoms with E-state index in [0.717, 1.165) is 17.0 Å². The summed E-state index contributed by atoms with van der Waals surface area (Å²) in [4.78, 5) is 15.8. The standard InChI is InChI=1S/C12H16N4O2S/c1-3-6-16-11(18)14-15-12(16)19-10-5-4-9(7-13-10)8(2)17/h4-5,7-8,17H,3,6H2,1-2H3,(H,14,18)/t8-/m0/s1. The molecule has 2 heterocycles. The summed E-state index contributed by atoms with van der Waals surface area (Å²) in [5, 5.41) is 17.2. The van der Waals surface area contributed by atoms with Crippen LogP contribution in [-0.4, -0.2) is 24.9 Å². The van der Waals surface area contributed by atoms with Crippen molar-refractivity contribution in [2.24, 2.45) is 0 Å². The number of aliphatic hydroxyl groups is 1. The second kappa shape index (κ2) is 6.03. The van der Waals surface area contributed by atoms with Gasteiger partial charge in [0.1, 0.15) is 5.03 Å². The lowest BCUT2D eigenvalue weighted by molar-refractivity contribution is 0.198. The summed E-state index contributed by atoms with van der Waals surface area (Å²) in [6.45, 7) is 4.32. The largest absolute Gasteiger partial charge is 0.389 e. The molecular weight excluding hydrogens is 264 g/mol. The van der Waals surface area contributed by atoms with Gasteiger partial charge in [0.05, 0.1) is 6.10 Å². The molecule has 7 heteroatoms. The van der Waals surface area contributed by atoms with Crippen LogP contribution in [0.25, 0.3) is 0 Å². The summed E-state index contributed by atoms with van der Waals surface area (Å²) in [7, 11) is 0. The Morgan fingerprint density at radius 2 is 2.32 bits per heavy atom. The SMILES string of the molecule is CCCn1c(Sc2ccc([C@H](C)O)cn2)n[nH]c1=O. The van der Waals surface area contributed by atoms with E-state index >= 15 is 0 Å². The highest BCUT2D eigenvalue weighted by Crippen LogP contribution is 2.24. The number of aromatic amines is 1. The van der Waals surface area contributed by atoms with Crippen LogP contribution >= 0.6 is 11.8 Å². The van der Waals surface area contributed by atoms with E-state index in [9.17, 15) is 9.90 Å². The van der Waals surface area contributed by atoms with Crippen LogP contribution in [0.2, 0.25) is 0 Å². The van der Waals surface area contributed by atoms with Gasteiger partial charge in [0.25, 0.3) is 0 Å². The molecule has 0 amide bonds. The molecule has 0 saturated heterocycles. The number of hydrogen-bond donors (Lipinski definition) is 2. The van der Waals surface area contributed by atoms with Crippen LogP contribution in [-0.2, 0) is 6.54 Å². The molecule has 0 aliphatic heterocycles. The number of aliphatic hydroxyl groups excluding tert-OH is 1. The molecule has 0 aromatic carbocycles. The van der Waals surface area contributed by atoms with Crippen molar-refractivity contribution in [2.75, 3.05) is 0 Å². The zero-order chi connectivity index (χ0) is 13.8. The van der Waals surface area contributed by atoms with Crippen molar-refractivity contribution in [3.63, 3.8) is 0 Å². The molecule has 2 aromatic heterocycles. The topological polar surface area (TPSA) is 83.8 Å². The molecule has 0 bridgehead atoms. The molecule has 0 unspecified atom stereocenters. The smallest absolute Gasteiger partial charge is 0.343 e. The Hall–Kier alpha value is -1.60. The number of hydrogen-bond acceptors (Lipinski definition) is 5. The van der Waals surface area contributed by atoms with Gasteiger partial charge in [-0.05, 0) is 36.7 Å². The van der Waals surface area contributed by atoms with Gasteiger partial charge in [0.15, 0.2) is 5.16 Å². The first kappa shape index (κ1) is 13.8. The average Bonchev–Trinajstić information content (AvgIpc) is 2.73. The van der Waals surface area contributed by atoms with Crippen LogP contribution in [0, 0.1) is 0 Å². The molecule has 102 valence electrons. The maximum absolute atomic E-state index is 11.5. The van der Waals surface area contributed by atoms with E-state index in [1.54, 1.807) is 17.7 Å². The lowest BCUT2D eigenvalue weighted by atomic mass is 10.2. The minimum Gasteiger partial charge on any atom is -0.389 e. The van der Waals surface area contributed by atoms with Crippen molar-refractivity contribution in [2.45, 2.75) is 43.1 Å². The van der Waals surface area contributed by atoms with E-state index in [1.165, 1.54) is 11.8 Å². The highest BCUT2D eigenvalue weighted by Gasteiger charge is 2.10. The molecule has 19 heavy (non-hydrogen) atoms. The number of nitrogens with one attached hydrogen (secondary N) is 1. The predicted octanol–water partition coefficient (Wildman–Crippen LogP) is 1.58. The molecule has 2 N–H and O–H groups in total. The maximum atomic E-state index is 11.5. The third-order valence-electron chi connectivity index (χ3n) is 2.61. The predicted molar refractivity (Wildman–Crippen MR) is 72.1 cm³/mol. The Bertz CT molecular complexity index is 589. The fourth-order valence-electron chi connectivity index (χ4n) is 1.59. The Balaban J connectivity index is 2.19. The van der Waals surface area contributed by atoms with E-state index < -0.39 is 6.10 Å². The van der Waals surface area contributed by atoms with Gasteiger partial charge >= 0.3 is 5.69 Å². The van der Waals surface area contributed by atoms with E-state index in [0.29, 0.717) is 11.7 Å². The number of H-pyrrole nitrogens is 1. The molecule has 1 atom stereocenters. The highest BCUT2D eigenvalue weighted by molar-refractivity contribution is 7.99. The van der Waals surface area contributed by atoms with Gasteiger partial charge in [-0.1, -0.05) is 13.0 Å². The zero-order valence-corrected chi connectivity index (χ0v) is 11.6. The lowest BCUT2D eigenvalue weighted by Crippen LogP contribution is -2.17. The third kappa shape index (κ3) is 3.24. The van der Waals surface area contributed by atoms with Crippen molar-refractivity contribution in [1.29, 1.82) is 0 Å². The lowest BCUT2D eigenvalue weighted by Gasteiger charge is -2.05. The summed E-state index contributed by atoms with van der Waals surface area (Å²) >= 11 is 1.32. The normalized spacial score (nSPS) is 12.6. The second-order valence-electron chi connectivity index (χ2n) is 4.17. The number of nitrogens with zero attached hydrogens (tertiary/aromatic N) is 3. The quantitative estimate of drug-likeness (QED) is 0.868.